The minimum absolute atomic E-state index is 0.628. The predicted octanol–water partition coefficient (Wildman–Crippen LogP) is 15.2. The summed E-state index contributed by atoms with van der Waals surface area (Å²) in [5, 5.41) is 10.7. The van der Waals surface area contributed by atoms with Crippen LogP contribution in [0.2, 0.25) is 0 Å². The van der Waals surface area contributed by atoms with Gasteiger partial charge >= 0.3 is 0 Å². The minimum atomic E-state index is 0.628. The van der Waals surface area contributed by atoms with Crippen molar-refractivity contribution < 1.29 is 0 Å². The molecule has 11 rings (SSSR count). The summed E-state index contributed by atoms with van der Waals surface area (Å²) in [5.41, 5.74) is 15.5. The molecule has 0 heterocycles. The highest BCUT2D eigenvalue weighted by molar-refractivity contribution is 6.18. The average molecular weight is 693 g/mol. The van der Waals surface area contributed by atoms with E-state index in [9.17, 15) is 0 Å². The van der Waals surface area contributed by atoms with E-state index in [1.165, 1.54) is 104 Å². The third kappa shape index (κ3) is 5.80. The maximum absolute atomic E-state index is 2.45. The molecule has 0 saturated heterocycles. The van der Waals surface area contributed by atoms with Crippen molar-refractivity contribution in [2.75, 3.05) is 0 Å². The molecule has 1 atom stereocenters. The second-order valence-corrected chi connectivity index (χ2v) is 15.0. The Labute approximate surface area is 319 Å². The van der Waals surface area contributed by atoms with Crippen molar-refractivity contribution in [3.8, 4) is 22.3 Å². The monoisotopic (exact) mass is 692 g/mol. The average Bonchev–Trinajstić information content (AvgIpc) is 3.54. The molecule has 2 aliphatic rings. The van der Waals surface area contributed by atoms with Crippen LogP contribution in [0.15, 0.2) is 176 Å². The molecule has 0 aliphatic heterocycles. The molecule has 0 aromatic heterocycles. The van der Waals surface area contributed by atoms with Gasteiger partial charge < -0.3 is 0 Å². The fourth-order valence-electron chi connectivity index (χ4n) is 8.89. The van der Waals surface area contributed by atoms with Crippen molar-refractivity contribution in [2.45, 2.75) is 40.0 Å². The van der Waals surface area contributed by atoms with Gasteiger partial charge in [-0.25, -0.2) is 0 Å². The maximum Gasteiger partial charge on any atom is -0.00263 e. The van der Waals surface area contributed by atoms with Crippen LogP contribution < -0.4 is 0 Å². The van der Waals surface area contributed by atoms with Crippen LogP contribution in [0.4, 0.5) is 0 Å². The van der Waals surface area contributed by atoms with Crippen LogP contribution in [-0.2, 0) is 0 Å². The molecule has 9 aromatic rings. The van der Waals surface area contributed by atoms with Crippen molar-refractivity contribution in [3.63, 3.8) is 0 Å². The summed E-state index contributed by atoms with van der Waals surface area (Å²) in [7, 11) is 0. The summed E-state index contributed by atoms with van der Waals surface area (Å²) < 4.78 is 0. The SMILES string of the molecule is Cc1c2c(cc3ccccc13)C1=CCC(C)c3cccc-2c31.Cc1ccc2c(C)c3cc4ccccc4cc3c(-c3ccccc3)c2c1.c1ccccc1. The molecule has 0 N–H and O–H groups in total. The molecule has 0 fully saturated rings. The number of hydrogen-bond acceptors (Lipinski definition) is 0. The Morgan fingerprint density at radius 2 is 1.02 bits per heavy atom. The van der Waals surface area contributed by atoms with Gasteiger partial charge in [-0.05, 0) is 150 Å². The van der Waals surface area contributed by atoms with E-state index in [-0.39, 0.29) is 0 Å². The normalized spacial score (nSPS) is 13.8. The summed E-state index contributed by atoms with van der Waals surface area (Å²) in [6.45, 7) is 9.05. The van der Waals surface area contributed by atoms with Gasteiger partial charge in [-0.1, -0.05) is 170 Å². The van der Waals surface area contributed by atoms with Gasteiger partial charge in [0.25, 0.3) is 0 Å². The second-order valence-electron chi connectivity index (χ2n) is 15.0. The van der Waals surface area contributed by atoms with Crippen LogP contribution in [0.25, 0.3) is 70.9 Å². The fraction of sp³-hybridized carbons (Fsp3) is 0.111. The zero-order chi connectivity index (χ0) is 36.8. The minimum Gasteiger partial charge on any atom is -0.0754 e. The lowest BCUT2D eigenvalue weighted by Gasteiger charge is -2.20. The van der Waals surface area contributed by atoms with Gasteiger partial charge in [-0.2, -0.15) is 0 Å². The number of rotatable bonds is 1. The summed E-state index contributed by atoms with van der Waals surface area (Å²) in [6, 6.07) is 61.0. The lowest BCUT2D eigenvalue weighted by molar-refractivity contribution is 0.770. The van der Waals surface area contributed by atoms with E-state index in [4.69, 9.17) is 0 Å². The van der Waals surface area contributed by atoms with Gasteiger partial charge in [0.05, 0.1) is 0 Å². The molecule has 54 heavy (non-hydrogen) atoms. The van der Waals surface area contributed by atoms with E-state index in [1.807, 2.05) is 36.4 Å². The molecule has 0 amide bonds. The molecular formula is C54H44. The molecule has 0 heteroatoms. The summed E-state index contributed by atoms with van der Waals surface area (Å²) in [5.74, 6) is 0.628. The summed E-state index contributed by atoms with van der Waals surface area (Å²) in [6.07, 6.45) is 3.60. The van der Waals surface area contributed by atoms with E-state index < -0.39 is 0 Å². The maximum atomic E-state index is 2.45. The van der Waals surface area contributed by atoms with Crippen LogP contribution in [0, 0.1) is 20.8 Å². The van der Waals surface area contributed by atoms with Crippen molar-refractivity contribution >= 4 is 48.7 Å². The zero-order valence-electron chi connectivity index (χ0n) is 31.5. The molecular weight excluding hydrogens is 649 g/mol. The third-order valence-corrected chi connectivity index (χ3v) is 11.6. The highest BCUT2D eigenvalue weighted by Crippen LogP contribution is 2.52. The van der Waals surface area contributed by atoms with Gasteiger partial charge in [-0.15, -0.1) is 0 Å². The number of benzene rings is 9. The number of fused-ring (bicyclic) bond motifs is 7. The Bertz CT molecular complexity index is 2850. The Kier molecular flexibility index (Phi) is 8.68. The Morgan fingerprint density at radius 3 is 1.74 bits per heavy atom. The number of aryl methyl sites for hydroxylation is 3. The van der Waals surface area contributed by atoms with Crippen molar-refractivity contribution in [3.05, 3.63) is 209 Å². The van der Waals surface area contributed by atoms with Gasteiger partial charge in [0.2, 0.25) is 0 Å². The third-order valence-electron chi connectivity index (χ3n) is 11.6. The molecule has 0 bridgehead atoms. The molecule has 0 spiro atoms. The van der Waals surface area contributed by atoms with E-state index in [1.54, 1.807) is 0 Å². The van der Waals surface area contributed by atoms with E-state index in [0.717, 1.165) is 6.42 Å². The molecule has 2 aliphatic carbocycles. The van der Waals surface area contributed by atoms with Gasteiger partial charge in [-0.3, -0.25) is 0 Å². The largest absolute Gasteiger partial charge is 0.0754 e. The lowest BCUT2D eigenvalue weighted by Crippen LogP contribution is -2.02. The quantitative estimate of drug-likeness (QED) is 0.150. The number of allylic oxidation sites excluding steroid dienone is 1. The first-order valence-corrected chi connectivity index (χ1v) is 19.3. The fourth-order valence-corrected chi connectivity index (χ4v) is 8.89. The Hall–Kier alpha value is -6.24. The number of hydrogen-bond donors (Lipinski definition) is 0. The van der Waals surface area contributed by atoms with Crippen LogP contribution in [0.5, 0.6) is 0 Å². The van der Waals surface area contributed by atoms with E-state index in [2.05, 4.69) is 167 Å². The van der Waals surface area contributed by atoms with Gasteiger partial charge in [0.1, 0.15) is 0 Å². The molecule has 260 valence electrons. The summed E-state index contributed by atoms with van der Waals surface area (Å²) >= 11 is 0. The van der Waals surface area contributed by atoms with Crippen molar-refractivity contribution in [2.24, 2.45) is 0 Å². The second kappa shape index (κ2) is 14.0. The van der Waals surface area contributed by atoms with Crippen molar-refractivity contribution in [1.82, 2.24) is 0 Å². The topological polar surface area (TPSA) is 0 Å². The summed E-state index contributed by atoms with van der Waals surface area (Å²) in [4.78, 5) is 0. The lowest BCUT2D eigenvalue weighted by atomic mass is 9.83. The van der Waals surface area contributed by atoms with E-state index >= 15 is 0 Å². The Balaban J connectivity index is 0.000000125. The standard InChI is InChI=1S/C26H20.C22H18.C6H6/c1-17-12-13-22-18(2)23-15-20-10-6-7-11-21(20)16-25(23)26(24(22)14-17)19-8-4-3-5-9-19;1-13-10-11-18-20-12-15-6-3-4-7-17(15)14(2)21(20)19-9-5-8-16(13)22(18)19;1-2-4-6-5-3-1/h3-16H,1-2H3;3-9,11-13H,10H2,1-2H3;1-6H. The first-order chi connectivity index (χ1) is 26.5. The van der Waals surface area contributed by atoms with Crippen molar-refractivity contribution in [1.29, 1.82) is 0 Å². The van der Waals surface area contributed by atoms with Crippen LogP contribution in [0.1, 0.15) is 52.6 Å². The zero-order valence-corrected chi connectivity index (χ0v) is 31.5. The first kappa shape index (κ1) is 33.6. The van der Waals surface area contributed by atoms with Gasteiger partial charge in [0.15, 0.2) is 0 Å². The molecule has 9 aromatic carbocycles. The molecule has 0 nitrogen and oxygen atoms in total. The highest BCUT2D eigenvalue weighted by Gasteiger charge is 2.31. The van der Waals surface area contributed by atoms with Gasteiger partial charge in [0, 0.05) is 0 Å². The Morgan fingerprint density at radius 1 is 0.407 bits per heavy atom. The van der Waals surface area contributed by atoms with Crippen LogP contribution in [0.3, 0.4) is 0 Å². The molecule has 0 saturated carbocycles. The smallest absolute Gasteiger partial charge is 0.00263 e. The van der Waals surface area contributed by atoms with Crippen LogP contribution >= 0.6 is 0 Å². The first-order valence-electron chi connectivity index (χ1n) is 19.3. The highest BCUT2D eigenvalue weighted by atomic mass is 14.3. The van der Waals surface area contributed by atoms with Crippen LogP contribution in [-0.4, -0.2) is 0 Å². The predicted molar refractivity (Wildman–Crippen MR) is 235 cm³/mol. The molecule has 0 radical (unpaired) electrons. The molecule has 1 unspecified atom stereocenters. The van der Waals surface area contributed by atoms with E-state index in [0.29, 0.717) is 5.92 Å².